The minimum Gasteiger partial charge on any atom is -0.342 e. The van der Waals surface area contributed by atoms with E-state index in [2.05, 4.69) is 4.90 Å². The van der Waals surface area contributed by atoms with Crippen LogP contribution < -0.4 is 5.73 Å². The fourth-order valence-corrected chi connectivity index (χ4v) is 2.66. The molecule has 2 saturated heterocycles. The van der Waals surface area contributed by atoms with Crippen LogP contribution >= 0.6 is 0 Å². The molecule has 0 aliphatic carbocycles. The van der Waals surface area contributed by atoms with Gasteiger partial charge in [-0.3, -0.25) is 19.3 Å². The second-order valence-electron chi connectivity index (χ2n) is 5.36. The number of carbonyl (C=O) groups is 3. The topological polar surface area (TPSA) is 90.2 Å². The van der Waals surface area contributed by atoms with Crippen molar-refractivity contribution in [3.05, 3.63) is 0 Å². The highest BCUT2D eigenvalue weighted by atomic mass is 16.2. The predicted octanol–water partition coefficient (Wildman–Crippen LogP) is -2.61. The average molecular weight is 297 g/mol. The molecule has 3 amide bonds. The normalized spacial score (nSPS) is 20.5. The quantitative estimate of drug-likeness (QED) is 0.455. The van der Waals surface area contributed by atoms with Crippen molar-refractivity contribution < 1.29 is 14.4 Å². The molecule has 118 valence electrons. The molecular formula is C13H23N5O3. The number of amides is 3. The van der Waals surface area contributed by atoms with Crippen molar-refractivity contribution in [2.24, 2.45) is 5.73 Å². The van der Waals surface area contributed by atoms with Gasteiger partial charge in [-0.05, 0) is 0 Å². The summed E-state index contributed by atoms with van der Waals surface area (Å²) in [6.45, 7) is 5.92. The summed E-state index contributed by atoms with van der Waals surface area (Å²) in [5.74, 6) is -0.880. The van der Waals surface area contributed by atoms with Gasteiger partial charge >= 0.3 is 11.8 Å². The lowest BCUT2D eigenvalue weighted by molar-refractivity contribution is -0.154. The largest absolute Gasteiger partial charge is 0.342 e. The Kier molecular flexibility index (Phi) is 5.51. The van der Waals surface area contributed by atoms with Crippen LogP contribution in [0.4, 0.5) is 0 Å². The molecule has 0 spiro atoms. The van der Waals surface area contributed by atoms with Gasteiger partial charge in [-0.2, -0.15) is 0 Å². The Hall–Kier alpha value is -1.67. The van der Waals surface area contributed by atoms with Gasteiger partial charge in [0.2, 0.25) is 6.41 Å². The van der Waals surface area contributed by atoms with E-state index in [9.17, 15) is 14.4 Å². The Balaban J connectivity index is 1.80. The molecule has 2 N–H and O–H groups in total. The Morgan fingerprint density at radius 3 is 1.76 bits per heavy atom. The van der Waals surface area contributed by atoms with Crippen molar-refractivity contribution in [2.75, 3.05) is 65.4 Å². The highest BCUT2D eigenvalue weighted by Crippen LogP contribution is 2.06. The summed E-state index contributed by atoms with van der Waals surface area (Å²) in [4.78, 5) is 42.0. The smallest absolute Gasteiger partial charge is 0.312 e. The number of hydrogen-bond acceptors (Lipinski definition) is 5. The van der Waals surface area contributed by atoms with E-state index in [-0.39, 0.29) is 0 Å². The molecule has 0 unspecified atom stereocenters. The molecule has 0 saturated carbocycles. The van der Waals surface area contributed by atoms with Crippen LogP contribution in [0.1, 0.15) is 0 Å². The third kappa shape index (κ3) is 3.92. The zero-order valence-corrected chi connectivity index (χ0v) is 12.2. The van der Waals surface area contributed by atoms with Gasteiger partial charge in [0.1, 0.15) is 0 Å². The summed E-state index contributed by atoms with van der Waals surface area (Å²) in [5, 5.41) is 0. The Morgan fingerprint density at radius 1 is 0.857 bits per heavy atom. The molecule has 0 radical (unpaired) electrons. The van der Waals surface area contributed by atoms with Gasteiger partial charge in [0.05, 0.1) is 0 Å². The van der Waals surface area contributed by atoms with Crippen LogP contribution in [0, 0.1) is 0 Å². The second kappa shape index (κ2) is 7.37. The molecule has 0 bridgehead atoms. The van der Waals surface area contributed by atoms with Crippen LogP contribution in [0.3, 0.4) is 0 Å². The van der Waals surface area contributed by atoms with Crippen molar-refractivity contribution in [1.29, 1.82) is 0 Å². The van der Waals surface area contributed by atoms with Crippen molar-refractivity contribution in [3.8, 4) is 0 Å². The molecule has 2 fully saturated rings. The molecular weight excluding hydrogens is 274 g/mol. The van der Waals surface area contributed by atoms with Crippen LogP contribution in [0.2, 0.25) is 0 Å². The molecule has 0 aromatic carbocycles. The van der Waals surface area contributed by atoms with E-state index in [1.165, 1.54) is 4.90 Å². The summed E-state index contributed by atoms with van der Waals surface area (Å²) >= 11 is 0. The molecule has 8 nitrogen and oxygen atoms in total. The summed E-state index contributed by atoms with van der Waals surface area (Å²) in [7, 11) is 0. The lowest BCUT2D eigenvalue weighted by atomic mass is 10.2. The van der Waals surface area contributed by atoms with Crippen molar-refractivity contribution in [1.82, 2.24) is 19.6 Å². The number of piperazine rings is 2. The van der Waals surface area contributed by atoms with E-state index in [0.717, 1.165) is 26.0 Å². The van der Waals surface area contributed by atoms with E-state index in [0.29, 0.717) is 45.8 Å². The Morgan fingerprint density at radius 2 is 1.33 bits per heavy atom. The van der Waals surface area contributed by atoms with E-state index in [1.807, 2.05) is 0 Å². The first-order valence-electron chi connectivity index (χ1n) is 7.35. The van der Waals surface area contributed by atoms with Crippen molar-refractivity contribution in [2.45, 2.75) is 0 Å². The number of nitrogens with zero attached hydrogens (tertiary/aromatic N) is 4. The zero-order chi connectivity index (χ0) is 15.2. The first-order valence-corrected chi connectivity index (χ1v) is 7.35. The van der Waals surface area contributed by atoms with Gasteiger partial charge in [0.15, 0.2) is 0 Å². The number of nitrogens with two attached hydrogens (primary N) is 1. The van der Waals surface area contributed by atoms with Gasteiger partial charge in [0.25, 0.3) is 0 Å². The van der Waals surface area contributed by atoms with Gasteiger partial charge in [-0.15, -0.1) is 0 Å². The van der Waals surface area contributed by atoms with E-state index >= 15 is 0 Å². The first-order chi connectivity index (χ1) is 10.2. The molecule has 0 atom stereocenters. The van der Waals surface area contributed by atoms with Crippen molar-refractivity contribution >= 4 is 18.2 Å². The van der Waals surface area contributed by atoms with Gasteiger partial charge in [-0.25, -0.2) is 0 Å². The minimum atomic E-state index is -0.451. The molecule has 8 heteroatoms. The Bertz CT molecular complexity index is 387. The number of hydrogen-bond donors (Lipinski definition) is 1. The van der Waals surface area contributed by atoms with E-state index in [1.54, 1.807) is 9.80 Å². The predicted molar refractivity (Wildman–Crippen MR) is 76.3 cm³/mol. The van der Waals surface area contributed by atoms with Crippen LogP contribution in [-0.4, -0.2) is 103 Å². The maximum Gasteiger partial charge on any atom is 0.312 e. The maximum absolute atomic E-state index is 12.2. The first kappa shape index (κ1) is 15.7. The van der Waals surface area contributed by atoms with Gasteiger partial charge in [-0.1, -0.05) is 0 Å². The average Bonchev–Trinajstić information content (AvgIpc) is 2.54. The molecule has 0 aromatic rings. The molecule has 2 heterocycles. The summed E-state index contributed by atoms with van der Waals surface area (Å²) in [5.41, 5.74) is 5.51. The molecule has 0 aromatic heterocycles. The minimum absolute atomic E-state index is 0.427. The number of rotatable bonds is 3. The van der Waals surface area contributed by atoms with Crippen molar-refractivity contribution in [3.63, 3.8) is 0 Å². The monoisotopic (exact) mass is 297 g/mol. The molecule has 2 aliphatic heterocycles. The second-order valence-corrected chi connectivity index (χ2v) is 5.36. The maximum atomic E-state index is 12.2. The summed E-state index contributed by atoms with van der Waals surface area (Å²) in [6, 6.07) is 0. The lowest BCUT2D eigenvalue weighted by Crippen LogP contribution is -2.56. The summed E-state index contributed by atoms with van der Waals surface area (Å²) in [6.07, 6.45) is 0.778. The molecule has 2 rings (SSSR count). The highest BCUT2D eigenvalue weighted by molar-refractivity contribution is 6.34. The van der Waals surface area contributed by atoms with Gasteiger partial charge in [0, 0.05) is 65.4 Å². The number of carbonyl (C=O) groups excluding carboxylic acids is 3. The van der Waals surface area contributed by atoms with Crippen LogP contribution in [0.5, 0.6) is 0 Å². The highest BCUT2D eigenvalue weighted by Gasteiger charge is 2.30. The fraction of sp³-hybridized carbons (Fsp3) is 0.769. The van der Waals surface area contributed by atoms with E-state index in [4.69, 9.17) is 5.73 Å². The lowest BCUT2D eigenvalue weighted by Gasteiger charge is -2.36. The Labute approximate surface area is 124 Å². The third-order valence-electron chi connectivity index (χ3n) is 4.04. The van der Waals surface area contributed by atoms with Crippen LogP contribution in [0.25, 0.3) is 0 Å². The van der Waals surface area contributed by atoms with Gasteiger partial charge < -0.3 is 20.4 Å². The molecule has 21 heavy (non-hydrogen) atoms. The SMILES string of the molecule is NCCN1CCN(C(=O)C(=O)N2CCN(C=O)CC2)CC1. The van der Waals surface area contributed by atoms with Crippen LogP contribution in [0.15, 0.2) is 0 Å². The zero-order valence-electron chi connectivity index (χ0n) is 12.2. The summed E-state index contributed by atoms with van der Waals surface area (Å²) < 4.78 is 0. The van der Waals surface area contributed by atoms with E-state index < -0.39 is 11.8 Å². The standard InChI is InChI=1S/C13H23N5O3/c14-1-2-15-3-7-17(8-4-15)12(20)13(21)18-9-5-16(11-19)6-10-18/h11H,1-10,14H2. The fourth-order valence-electron chi connectivity index (χ4n) is 2.66. The third-order valence-corrected chi connectivity index (χ3v) is 4.04. The van der Waals surface area contributed by atoms with Crippen LogP contribution in [-0.2, 0) is 14.4 Å². The molecule has 2 aliphatic rings.